The standard InChI is InChI=1S/C10H15N3O3/c1-8-5-11-13(6-8)4-3-9(14)12(2)7-10(15)16/h5-6H,3-4,7H2,1-2H3,(H,15,16). The zero-order valence-electron chi connectivity index (χ0n) is 9.38. The summed E-state index contributed by atoms with van der Waals surface area (Å²) in [6.45, 7) is 2.12. The summed E-state index contributed by atoms with van der Waals surface area (Å²) in [4.78, 5) is 23.1. The van der Waals surface area contributed by atoms with Crippen LogP contribution in [0.3, 0.4) is 0 Å². The van der Waals surface area contributed by atoms with Crippen molar-refractivity contribution in [3.63, 3.8) is 0 Å². The van der Waals surface area contributed by atoms with Crippen molar-refractivity contribution in [3.05, 3.63) is 18.0 Å². The molecule has 16 heavy (non-hydrogen) atoms. The first-order valence-corrected chi connectivity index (χ1v) is 4.94. The first kappa shape index (κ1) is 12.2. The summed E-state index contributed by atoms with van der Waals surface area (Å²) >= 11 is 0. The van der Waals surface area contributed by atoms with Crippen LogP contribution in [0, 0.1) is 6.92 Å². The third-order valence-electron chi connectivity index (χ3n) is 2.12. The van der Waals surface area contributed by atoms with Gasteiger partial charge in [-0.15, -0.1) is 0 Å². The molecule has 1 amide bonds. The maximum absolute atomic E-state index is 11.5. The van der Waals surface area contributed by atoms with Gasteiger partial charge >= 0.3 is 5.97 Å². The summed E-state index contributed by atoms with van der Waals surface area (Å²) < 4.78 is 1.67. The molecule has 6 nitrogen and oxygen atoms in total. The molecule has 0 saturated heterocycles. The van der Waals surface area contributed by atoms with Crippen LogP contribution < -0.4 is 0 Å². The Bertz CT molecular complexity index is 386. The van der Waals surface area contributed by atoms with Crippen LogP contribution in [0.15, 0.2) is 12.4 Å². The fraction of sp³-hybridized carbons (Fsp3) is 0.500. The Kier molecular flexibility index (Phi) is 4.04. The lowest BCUT2D eigenvalue weighted by atomic mass is 10.3. The molecule has 1 aromatic heterocycles. The summed E-state index contributed by atoms with van der Waals surface area (Å²) in [5.41, 5.74) is 1.03. The monoisotopic (exact) mass is 225 g/mol. The van der Waals surface area contributed by atoms with Crippen molar-refractivity contribution in [1.82, 2.24) is 14.7 Å². The normalized spacial score (nSPS) is 10.1. The van der Waals surface area contributed by atoms with Crippen molar-refractivity contribution in [1.29, 1.82) is 0 Å². The van der Waals surface area contributed by atoms with Crippen molar-refractivity contribution in [2.45, 2.75) is 19.9 Å². The maximum Gasteiger partial charge on any atom is 0.323 e. The predicted molar refractivity (Wildman–Crippen MR) is 56.9 cm³/mol. The number of carbonyl (C=O) groups excluding carboxylic acids is 1. The minimum absolute atomic E-state index is 0.199. The van der Waals surface area contributed by atoms with Crippen LogP contribution in [0.1, 0.15) is 12.0 Å². The molecule has 0 fully saturated rings. The number of carboxylic acid groups (broad SMARTS) is 1. The maximum atomic E-state index is 11.5. The number of nitrogens with zero attached hydrogens (tertiary/aromatic N) is 3. The molecule has 0 spiro atoms. The highest BCUT2D eigenvalue weighted by Crippen LogP contribution is 1.98. The Hall–Kier alpha value is -1.85. The Balaban J connectivity index is 2.37. The minimum atomic E-state index is -1.01. The highest BCUT2D eigenvalue weighted by Gasteiger charge is 2.11. The van der Waals surface area contributed by atoms with E-state index in [0.29, 0.717) is 6.54 Å². The molecule has 0 aliphatic heterocycles. The van der Waals surface area contributed by atoms with E-state index >= 15 is 0 Å². The van der Waals surface area contributed by atoms with Crippen molar-refractivity contribution in [2.75, 3.05) is 13.6 Å². The largest absolute Gasteiger partial charge is 0.480 e. The van der Waals surface area contributed by atoms with Crippen molar-refractivity contribution < 1.29 is 14.7 Å². The fourth-order valence-electron chi connectivity index (χ4n) is 1.28. The second kappa shape index (κ2) is 5.29. The van der Waals surface area contributed by atoms with Crippen molar-refractivity contribution >= 4 is 11.9 Å². The van der Waals surface area contributed by atoms with E-state index in [0.717, 1.165) is 5.56 Å². The molecule has 1 rings (SSSR count). The Morgan fingerprint density at radius 1 is 1.56 bits per heavy atom. The number of likely N-dealkylation sites (N-methyl/N-ethyl adjacent to an activating group) is 1. The summed E-state index contributed by atoms with van der Waals surface area (Å²) in [6.07, 6.45) is 3.81. The molecule has 0 aliphatic rings. The molecule has 6 heteroatoms. The molecular formula is C10H15N3O3. The van der Waals surface area contributed by atoms with E-state index in [2.05, 4.69) is 5.10 Å². The van der Waals surface area contributed by atoms with Gasteiger partial charge in [-0.05, 0) is 12.5 Å². The lowest BCUT2D eigenvalue weighted by Crippen LogP contribution is -2.32. The van der Waals surface area contributed by atoms with Gasteiger partial charge in [0.2, 0.25) is 5.91 Å². The number of amides is 1. The first-order valence-electron chi connectivity index (χ1n) is 4.94. The molecule has 0 bridgehead atoms. The first-order chi connectivity index (χ1) is 7.49. The second-order valence-corrected chi connectivity index (χ2v) is 3.67. The van der Waals surface area contributed by atoms with Gasteiger partial charge in [0.25, 0.3) is 0 Å². The minimum Gasteiger partial charge on any atom is -0.480 e. The van der Waals surface area contributed by atoms with Gasteiger partial charge in [-0.25, -0.2) is 0 Å². The number of carbonyl (C=O) groups is 2. The molecule has 1 heterocycles. The molecule has 0 aliphatic carbocycles. The Morgan fingerprint density at radius 3 is 2.75 bits per heavy atom. The predicted octanol–water partition coefficient (Wildman–Crippen LogP) is 0.125. The van der Waals surface area contributed by atoms with E-state index in [9.17, 15) is 9.59 Å². The lowest BCUT2D eigenvalue weighted by Gasteiger charge is -2.14. The topological polar surface area (TPSA) is 75.4 Å². The average molecular weight is 225 g/mol. The number of aryl methyl sites for hydroxylation is 2. The Morgan fingerprint density at radius 2 is 2.25 bits per heavy atom. The van der Waals surface area contributed by atoms with E-state index in [-0.39, 0.29) is 18.9 Å². The van der Waals surface area contributed by atoms with Gasteiger partial charge in [0.1, 0.15) is 6.54 Å². The zero-order valence-corrected chi connectivity index (χ0v) is 9.38. The number of hydrogen-bond donors (Lipinski definition) is 1. The molecular weight excluding hydrogens is 210 g/mol. The van der Waals surface area contributed by atoms with Crippen LogP contribution in [0.4, 0.5) is 0 Å². The molecule has 0 radical (unpaired) electrons. The third kappa shape index (κ3) is 3.72. The quantitative estimate of drug-likeness (QED) is 0.772. The van der Waals surface area contributed by atoms with Crippen LogP contribution in [0.5, 0.6) is 0 Å². The molecule has 0 aromatic carbocycles. The number of hydrogen-bond acceptors (Lipinski definition) is 3. The number of rotatable bonds is 5. The van der Waals surface area contributed by atoms with E-state index in [1.54, 1.807) is 10.9 Å². The molecule has 0 unspecified atom stereocenters. The van der Waals surface area contributed by atoms with E-state index in [1.807, 2.05) is 13.1 Å². The van der Waals surface area contributed by atoms with Gasteiger partial charge in [0.15, 0.2) is 0 Å². The van der Waals surface area contributed by atoms with Crippen LogP contribution in [-0.4, -0.2) is 45.3 Å². The highest BCUT2D eigenvalue weighted by molar-refractivity contribution is 5.80. The van der Waals surface area contributed by atoms with Gasteiger partial charge in [-0.3, -0.25) is 14.3 Å². The molecule has 0 atom stereocenters. The van der Waals surface area contributed by atoms with Crippen molar-refractivity contribution in [3.8, 4) is 0 Å². The lowest BCUT2D eigenvalue weighted by molar-refractivity contribution is -0.143. The highest BCUT2D eigenvalue weighted by atomic mass is 16.4. The van der Waals surface area contributed by atoms with Gasteiger partial charge in [-0.2, -0.15) is 5.10 Å². The molecule has 1 aromatic rings. The van der Waals surface area contributed by atoms with E-state index < -0.39 is 5.97 Å². The van der Waals surface area contributed by atoms with Crippen LogP contribution in [0.2, 0.25) is 0 Å². The molecule has 1 N–H and O–H groups in total. The van der Waals surface area contributed by atoms with Crippen molar-refractivity contribution in [2.24, 2.45) is 0 Å². The summed E-state index contributed by atoms with van der Waals surface area (Å²) in [7, 11) is 1.48. The van der Waals surface area contributed by atoms with Gasteiger partial charge in [0.05, 0.1) is 6.20 Å². The number of carboxylic acids is 1. The van der Waals surface area contributed by atoms with E-state index in [4.69, 9.17) is 5.11 Å². The zero-order chi connectivity index (χ0) is 12.1. The van der Waals surface area contributed by atoms with Gasteiger partial charge < -0.3 is 10.0 Å². The fourth-order valence-corrected chi connectivity index (χ4v) is 1.28. The van der Waals surface area contributed by atoms with Gasteiger partial charge in [0, 0.05) is 26.2 Å². The smallest absolute Gasteiger partial charge is 0.323 e. The SMILES string of the molecule is Cc1cnn(CCC(=O)N(C)CC(=O)O)c1. The van der Waals surface area contributed by atoms with Crippen LogP contribution in [0.25, 0.3) is 0 Å². The third-order valence-corrected chi connectivity index (χ3v) is 2.12. The number of aromatic nitrogens is 2. The molecule has 0 saturated carbocycles. The summed E-state index contributed by atoms with van der Waals surface area (Å²) in [5.74, 6) is -1.21. The van der Waals surface area contributed by atoms with E-state index in [1.165, 1.54) is 11.9 Å². The van der Waals surface area contributed by atoms with Crippen LogP contribution in [-0.2, 0) is 16.1 Å². The average Bonchev–Trinajstić information content (AvgIpc) is 2.59. The molecule has 88 valence electrons. The summed E-state index contributed by atoms with van der Waals surface area (Å²) in [6, 6.07) is 0. The van der Waals surface area contributed by atoms with Gasteiger partial charge in [-0.1, -0.05) is 0 Å². The summed E-state index contributed by atoms with van der Waals surface area (Å²) in [5, 5.41) is 12.5. The van der Waals surface area contributed by atoms with Crippen LogP contribution >= 0.6 is 0 Å². The Labute approximate surface area is 93.5 Å². The number of aliphatic carboxylic acids is 1. The second-order valence-electron chi connectivity index (χ2n) is 3.67.